The van der Waals surface area contributed by atoms with E-state index in [2.05, 4.69) is 15.2 Å². The number of aliphatic imine (C=N–C) groups is 1. The van der Waals surface area contributed by atoms with Gasteiger partial charge in [0.05, 0.1) is 31.6 Å². The summed E-state index contributed by atoms with van der Waals surface area (Å²) in [5, 5.41) is 12.7. The maximum Gasteiger partial charge on any atom is 0.216 e. The molecule has 152 valence electrons. The minimum atomic E-state index is -3.28. The highest BCUT2D eigenvalue weighted by molar-refractivity contribution is 7.89. The first-order valence-corrected chi connectivity index (χ1v) is 11.2. The van der Waals surface area contributed by atoms with E-state index in [0.717, 1.165) is 25.3 Å². The molecule has 1 saturated carbocycles. The maximum atomic E-state index is 12.4. The molecule has 2 N–H and O–H groups in total. The number of piperazine rings is 1. The van der Waals surface area contributed by atoms with E-state index in [1.807, 2.05) is 20.8 Å². The van der Waals surface area contributed by atoms with E-state index in [1.165, 1.54) is 0 Å². The Bertz CT molecular complexity index is 567. The molecule has 0 aromatic rings. The molecule has 9 heteroatoms. The first kappa shape index (κ1) is 21.4. The third kappa shape index (κ3) is 6.07. The van der Waals surface area contributed by atoms with E-state index in [9.17, 15) is 13.5 Å². The molecule has 0 bridgehead atoms. The highest BCUT2D eigenvalue weighted by Crippen LogP contribution is 2.45. The number of ether oxygens (including phenoxy) is 1. The lowest BCUT2D eigenvalue weighted by Crippen LogP contribution is -2.54. The zero-order valence-electron chi connectivity index (χ0n) is 16.3. The van der Waals surface area contributed by atoms with Crippen molar-refractivity contribution in [3.8, 4) is 0 Å². The molecule has 2 fully saturated rings. The van der Waals surface area contributed by atoms with E-state index in [0.29, 0.717) is 32.7 Å². The van der Waals surface area contributed by atoms with Crippen LogP contribution in [0, 0.1) is 5.41 Å². The van der Waals surface area contributed by atoms with Crippen molar-refractivity contribution in [2.75, 3.05) is 58.2 Å². The van der Waals surface area contributed by atoms with Gasteiger partial charge in [-0.05, 0) is 33.6 Å². The minimum Gasteiger partial charge on any atom is -0.396 e. The van der Waals surface area contributed by atoms with Crippen LogP contribution in [0.25, 0.3) is 0 Å². The number of nitrogens with one attached hydrogen (secondary N) is 1. The molecule has 1 aliphatic carbocycles. The van der Waals surface area contributed by atoms with Gasteiger partial charge in [0.2, 0.25) is 10.0 Å². The van der Waals surface area contributed by atoms with Gasteiger partial charge in [-0.25, -0.2) is 8.42 Å². The van der Waals surface area contributed by atoms with Crippen LogP contribution in [0.5, 0.6) is 0 Å². The van der Waals surface area contributed by atoms with E-state index >= 15 is 0 Å². The van der Waals surface area contributed by atoms with Crippen molar-refractivity contribution in [2.24, 2.45) is 10.4 Å². The normalized spacial score (nSPS) is 21.3. The average Bonchev–Trinajstić information content (AvgIpc) is 3.39. The van der Waals surface area contributed by atoms with Gasteiger partial charge in [-0.1, -0.05) is 0 Å². The van der Waals surface area contributed by atoms with Crippen LogP contribution in [-0.4, -0.2) is 93.0 Å². The molecule has 0 atom stereocenters. The smallest absolute Gasteiger partial charge is 0.216 e. The molecule has 1 aliphatic heterocycles. The molecule has 2 rings (SSSR count). The molecule has 0 aromatic carbocycles. The molecule has 26 heavy (non-hydrogen) atoms. The van der Waals surface area contributed by atoms with Crippen molar-refractivity contribution >= 4 is 16.0 Å². The lowest BCUT2D eigenvalue weighted by molar-refractivity contribution is 0.0904. The van der Waals surface area contributed by atoms with Crippen molar-refractivity contribution in [2.45, 2.75) is 39.7 Å². The second-order valence-corrected chi connectivity index (χ2v) is 9.54. The number of aliphatic hydroxyl groups is 1. The summed E-state index contributed by atoms with van der Waals surface area (Å²) in [6.45, 7) is 9.75. The van der Waals surface area contributed by atoms with Crippen LogP contribution in [-0.2, 0) is 14.8 Å². The third-order valence-corrected chi connectivity index (χ3v) is 6.75. The summed E-state index contributed by atoms with van der Waals surface area (Å²) >= 11 is 0. The van der Waals surface area contributed by atoms with Gasteiger partial charge >= 0.3 is 0 Å². The first-order chi connectivity index (χ1) is 12.3. The van der Waals surface area contributed by atoms with Crippen molar-refractivity contribution in [3.05, 3.63) is 0 Å². The summed E-state index contributed by atoms with van der Waals surface area (Å²) in [4.78, 5) is 6.79. The fourth-order valence-electron chi connectivity index (χ4n) is 2.91. The van der Waals surface area contributed by atoms with Crippen LogP contribution in [0.1, 0.15) is 33.6 Å². The summed E-state index contributed by atoms with van der Waals surface area (Å²) in [7, 11) is -3.28. The standard InChI is InChI=1S/C17H34N4O4S/c1-4-18-16(19-13-17(14-22)5-6-17)20-7-9-21(10-8-20)26(23,24)12-11-25-15(2)3/h15,22H,4-14H2,1-3H3,(H,18,19). The van der Waals surface area contributed by atoms with Gasteiger partial charge in [0.25, 0.3) is 0 Å². The molecule has 1 saturated heterocycles. The maximum absolute atomic E-state index is 12.4. The van der Waals surface area contributed by atoms with Crippen molar-refractivity contribution in [1.82, 2.24) is 14.5 Å². The Morgan fingerprint density at radius 3 is 2.42 bits per heavy atom. The fourth-order valence-corrected chi connectivity index (χ4v) is 4.19. The van der Waals surface area contributed by atoms with Gasteiger partial charge in [-0.3, -0.25) is 4.99 Å². The van der Waals surface area contributed by atoms with Gasteiger partial charge < -0.3 is 20.1 Å². The zero-order valence-corrected chi connectivity index (χ0v) is 17.1. The lowest BCUT2D eigenvalue weighted by atomic mass is 10.1. The fraction of sp³-hybridized carbons (Fsp3) is 0.941. The summed E-state index contributed by atoms with van der Waals surface area (Å²) in [5.74, 6) is 0.839. The average molecular weight is 391 g/mol. The van der Waals surface area contributed by atoms with Crippen LogP contribution >= 0.6 is 0 Å². The Balaban J connectivity index is 1.87. The van der Waals surface area contributed by atoms with Gasteiger partial charge in [-0.15, -0.1) is 0 Å². The van der Waals surface area contributed by atoms with E-state index in [-0.39, 0.29) is 30.5 Å². The van der Waals surface area contributed by atoms with E-state index < -0.39 is 10.0 Å². The molecule has 8 nitrogen and oxygen atoms in total. The highest BCUT2D eigenvalue weighted by atomic mass is 32.2. The van der Waals surface area contributed by atoms with E-state index in [4.69, 9.17) is 4.74 Å². The second-order valence-electron chi connectivity index (χ2n) is 7.45. The summed E-state index contributed by atoms with van der Waals surface area (Å²) in [6.07, 6.45) is 2.09. The van der Waals surface area contributed by atoms with Crippen molar-refractivity contribution in [3.63, 3.8) is 0 Å². The number of rotatable bonds is 9. The number of guanidine groups is 1. The Labute approximate surface area is 157 Å². The molecular weight excluding hydrogens is 356 g/mol. The topological polar surface area (TPSA) is 94.5 Å². The van der Waals surface area contributed by atoms with Crippen LogP contribution in [0.2, 0.25) is 0 Å². The van der Waals surface area contributed by atoms with Gasteiger partial charge in [0.15, 0.2) is 5.96 Å². The molecule has 0 unspecified atom stereocenters. The van der Waals surface area contributed by atoms with Gasteiger partial charge in [0.1, 0.15) is 0 Å². The molecule has 1 heterocycles. The predicted octanol–water partition coefficient (Wildman–Crippen LogP) is 0.0968. The number of sulfonamides is 1. The van der Waals surface area contributed by atoms with Crippen LogP contribution < -0.4 is 5.32 Å². The predicted molar refractivity (Wildman–Crippen MR) is 103 cm³/mol. The van der Waals surface area contributed by atoms with Crippen LogP contribution in [0.4, 0.5) is 0 Å². The van der Waals surface area contributed by atoms with Crippen molar-refractivity contribution < 1.29 is 18.3 Å². The zero-order chi connectivity index (χ0) is 19.2. The molecular formula is C17H34N4O4S. The Kier molecular flexibility index (Phi) is 7.69. The number of nitrogens with zero attached hydrogens (tertiary/aromatic N) is 3. The summed E-state index contributed by atoms with van der Waals surface area (Å²) < 4.78 is 31.8. The summed E-state index contributed by atoms with van der Waals surface area (Å²) in [6, 6.07) is 0. The molecule has 0 aromatic heterocycles. The Morgan fingerprint density at radius 2 is 1.92 bits per heavy atom. The van der Waals surface area contributed by atoms with E-state index in [1.54, 1.807) is 4.31 Å². The third-order valence-electron chi connectivity index (χ3n) is 4.92. The Hall–Kier alpha value is -0.900. The largest absolute Gasteiger partial charge is 0.396 e. The monoisotopic (exact) mass is 390 g/mol. The lowest BCUT2D eigenvalue weighted by Gasteiger charge is -2.36. The number of hydrogen-bond acceptors (Lipinski definition) is 5. The molecule has 0 amide bonds. The molecule has 0 radical (unpaired) electrons. The minimum absolute atomic E-state index is 0.0255. The number of aliphatic hydroxyl groups excluding tert-OH is 1. The van der Waals surface area contributed by atoms with Crippen LogP contribution in [0.15, 0.2) is 4.99 Å². The first-order valence-electron chi connectivity index (χ1n) is 9.55. The summed E-state index contributed by atoms with van der Waals surface area (Å²) in [5.41, 5.74) is -0.0255. The molecule has 2 aliphatic rings. The van der Waals surface area contributed by atoms with Gasteiger partial charge in [0, 0.05) is 38.1 Å². The van der Waals surface area contributed by atoms with Gasteiger partial charge in [-0.2, -0.15) is 4.31 Å². The van der Waals surface area contributed by atoms with Crippen molar-refractivity contribution in [1.29, 1.82) is 0 Å². The molecule has 0 spiro atoms. The van der Waals surface area contributed by atoms with Crippen LogP contribution in [0.3, 0.4) is 0 Å². The number of hydrogen-bond donors (Lipinski definition) is 2. The SMILES string of the molecule is CCNC(=NCC1(CO)CC1)N1CCN(S(=O)(=O)CCOC(C)C)CC1. The second kappa shape index (κ2) is 9.34. The highest BCUT2D eigenvalue weighted by Gasteiger charge is 2.42. The Morgan fingerprint density at radius 1 is 1.27 bits per heavy atom. The quantitative estimate of drug-likeness (QED) is 0.428.